The van der Waals surface area contributed by atoms with Crippen molar-refractivity contribution in [2.45, 2.75) is 49.1 Å². The molecule has 1 N–H and O–H groups in total. The molecule has 0 aromatic rings. The molecule has 1 aliphatic carbocycles. The fourth-order valence-corrected chi connectivity index (χ4v) is 3.09. The van der Waals surface area contributed by atoms with Gasteiger partial charge < -0.3 is 5.11 Å². The molecule has 1 unspecified atom stereocenters. The average molecular weight is 257 g/mol. The number of carbonyl (C=O) groups is 3. The van der Waals surface area contributed by atoms with Crippen LogP contribution in [0.3, 0.4) is 0 Å². The molecule has 1 atom stereocenters. The van der Waals surface area contributed by atoms with Gasteiger partial charge in [0.1, 0.15) is 4.75 Å². The quantitative estimate of drug-likeness (QED) is 0.756. The lowest BCUT2D eigenvalue weighted by Crippen LogP contribution is -2.36. The van der Waals surface area contributed by atoms with Crippen LogP contribution in [0.5, 0.6) is 0 Å². The Morgan fingerprint density at radius 1 is 1.41 bits per heavy atom. The van der Waals surface area contributed by atoms with E-state index in [1.807, 2.05) is 0 Å². The summed E-state index contributed by atoms with van der Waals surface area (Å²) >= 11 is 1.07. The zero-order valence-electron chi connectivity index (χ0n) is 9.80. The van der Waals surface area contributed by atoms with Crippen LogP contribution in [0.1, 0.15) is 33.1 Å². The van der Waals surface area contributed by atoms with E-state index in [0.29, 0.717) is 0 Å². The molecule has 1 aliphatic heterocycles. The predicted octanol–water partition coefficient (Wildman–Crippen LogP) is 0.873. The third-order valence-electron chi connectivity index (χ3n) is 3.01. The molecule has 2 rings (SSSR count). The first-order valence-electron chi connectivity index (χ1n) is 5.60. The monoisotopic (exact) mass is 257 g/mol. The van der Waals surface area contributed by atoms with E-state index < -0.39 is 16.0 Å². The maximum atomic E-state index is 12.0. The van der Waals surface area contributed by atoms with E-state index in [1.54, 1.807) is 13.8 Å². The van der Waals surface area contributed by atoms with Gasteiger partial charge in [-0.15, -0.1) is 11.8 Å². The van der Waals surface area contributed by atoms with Gasteiger partial charge in [0.05, 0.1) is 5.25 Å². The first kappa shape index (κ1) is 12.4. The molecule has 1 saturated carbocycles. The minimum absolute atomic E-state index is 0.0774. The first-order chi connectivity index (χ1) is 7.83. The van der Waals surface area contributed by atoms with Crippen molar-refractivity contribution in [3.8, 4) is 0 Å². The number of carboxylic acids is 1. The third-order valence-corrected chi connectivity index (χ3v) is 4.42. The summed E-state index contributed by atoms with van der Waals surface area (Å²) < 4.78 is -1.04. The van der Waals surface area contributed by atoms with Crippen LogP contribution in [-0.2, 0) is 14.4 Å². The summed E-state index contributed by atoms with van der Waals surface area (Å²) in [5, 5.41) is 8.48. The Balaban J connectivity index is 2.06. The van der Waals surface area contributed by atoms with Crippen molar-refractivity contribution in [1.29, 1.82) is 0 Å². The SMILES string of the molecule is CC(C)(SC1CC(=O)N(C2CC2)C1=O)C(=O)O. The number of thioether (sulfide) groups is 1. The first-order valence-corrected chi connectivity index (χ1v) is 6.48. The molecule has 1 saturated heterocycles. The summed E-state index contributed by atoms with van der Waals surface area (Å²) in [5.41, 5.74) is 0. The molecule has 0 bridgehead atoms. The Labute approximate surface area is 104 Å². The molecule has 5 nitrogen and oxygen atoms in total. The summed E-state index contributed by atoms with van der Waals surface area (Å²) in [5.74, 6) is -1.33. The molecular formula is C11H15NO4S. The van der Waals surface area contributed by atoms with E-state index in [2.05, 4.69) is 0 Å². The maximum Gasteiger partial charge on any atom is 0.319 e. The molecule has 0 aromatic carbocycles. The molecular weight excluding hydrogens is 242 g/mol. The Kier molecular flexibility index (Phi) is 2.93. The molecule has 0 spiro atoms. The van der Waals surface area contributed by atoms with Gasteiger partial charge in [-0.1, -0.05) is 0 Å². The molecule has 0 radical (unpaired) electrons. The minimum atomic E-state index is -1.04. The minimum Gasteiger partial charge on any atom is -0.480 e. The summed E-state index contributed by atoms with van der Waals surface area (Å²) in [7, 11) is 0. The summed E-state index contributed by atoms with van der Waals surface area (Å²) in [6, 6.07) is 0.0774. The Morgan fingerprint density at radius 2 is 2.00 bits per heavy atom. The normalized spacial score (nSPS) is 25.5. The molecule has 94 valence electrons. The number of imide groups is 1. The number of hydrogen-bond donors (Lipinski definition) is 1. The lowest BCUT2D eigenvalue weighted by atomic mass is 10.2. The van der Waals surface area contributed by atoms with E-state index in [9.17, 15) is 14.4 Å². The summed E-state index contributed by atoms with van der Waals surface area (Å²) in [6.45, 7) is 3.11. The van der Waals surface area contributed by atoms with Crippen LogP contribution in [0.25, 0.3) is 0 Å². The lowest BCUT2D eigenvalue weighted by Gasteiger charge is -2.21. The van der Waals surface area contributed by atoms with Crippen LogP contribution in [0.15, 0.2) is 0 Å². The topological polar surface area (TPSA) is 74.7 Å². The molecule has 2 aliphatic rings. The number of carboxylic acid groups (broad SMARTS) is 1. The highest BCUT2D eigenvalue weighted by atomic mass is 32.2. The fraction of sp³-hybridized carbons (Fsp3) is 0.727. The van der Waals surface area contributed by atoms with Crippen molar-refractivity contribution in [2.75, 3.05) is 0 Å². The van der Waals surface area contributed by atoms with E-state index in [-0.39, 0.29) is 24.3 Å². The Hall–Kier alpha value is -1.04. The highest BCUT2D eigenvalue weighted by Crippen LogP contribution is 2.39. The second-order valence-corrected chi connectivity index (χ2v) is 6.78. The largest absolute Gasteiger partial charge is 0.480 e. The van der Waals surface area contributed by atoms with Gasteiger partial charge in [0.25, 0.3) is 0 Å². The van der Waals surface area contributed by atoms with Gasteiger partial charge in [0, 0.05) is 12.5 Å². The van der Waals surface area contributed by atoms with Crippen LogP contribution in [0.2, 0.25) is 0 Å². The number of rotatable bonds is 4. The van der Waals surface area contributed by atoms with E-state index in [1.165, 1.54) is 4.90 Å². The number of nitrogens with zero attached hydrogens (tertiary/aromatic N) is 1. The third kappa shape index (κ3) is 2.31. The van der Waals surface area contributed by atoms with E-state index in [0.717, 1.165) is 24.6 Å². The van der Waals surface area contributed by atoms with Crippen molar-refractivity contribution < 1.29 is 19.5 Å². The second-order valence-electron chi connectivity index (χ2n) is 4.96. The molecule has 2 amide bonds. The lowest BCUT2D eigenvalue weighted by molar-refractivity contribution is -0.139. The molecule has 2 fully saturated rings. The predicted molar refractivity (Wildman–Crippen MR) is 62.6 cm³/mol. The number of amides is 2. The highest BCUT2D eigenvalue weighted by molar-refractivity contribution is 8.02. The van der Waals surface area contributed by atoms with Crippen molar-refractivity contribution in [1.82, 2.24) is 4.90 Å². The van der Waals surface area contributed by atoms with Gasteiger partial charge in [0.2, 0.25) is 11.8 Å². The zero-order valence-corrected chi connectivity index (χ0v) is 10.6. The van der Waals surface area contributed by atoms with E-state index >= 15 is 0 Å². The van der Waals surface area contributed by atoms with Gasteiger partial charge in [-0.2, -0.15) is 0 Å². The molecule has 6 heteroatoms. The fourth-order valence-electron chi connectivity index (χ4n) is 1.84. The van der Waals surface area contributed by atoms with Crippen LogP contribution in [0.4, 0.5) is 0 Å². The average Bonchev–Trinajstić information content (AvgIpc) is 2.96. The van der Waals surface area contributed by atoms with Crippen molar-refractivity contribution in [3.63, 3.8) is 0 Å². The van der Waals surface area contributed by atoms with Gasteiger partial charge in [-0.25, -0.2) is 0 Å². The summed E-state index contributed by atoms with van der Waals surface area (Å²) in [4.78, 5) is 36.0. The van der Waals surface area contributed by atoms with Crippen molar-refractivity contribution in [2.24, 2.45) is 0 Å². The van der Waals surface area contributed by atoms with Crippen LogP contribution in [0, 0.1) is 0 Å². The smallest absolute Gasteiger partial charge is 0.319 e. The molecule has 1 heterocycles. The Morgan fingerprint density at radius 3 is 2.47 bits per heavy atom. The van der Waals surface area contributed by atoms with Crippen LogP contribution < -0.4 is 0 Å². The van der Waals surface area contributed by atoms with Gasteiger partial charge in [0.15, 0.2) is 0 Å². The van der Waals surface area contributed by atoms with Gasteiger partial charge >= 0.3 is 5.97 Å². The van der Waals surface area contributed by atoms with E-state index in [4.69, 9.17) is 5.11 Å². The molecule has 17 heavy (non-hydrogen) atoms. The Bertz CT molecular complexity index is 389. The highest BCUT2D eigenvalue weighted by Gasteiger charge is 2.48. The summed E-state index contributed by atoms with van der Waals surface area (Å²) in [6.07, 6.45) is 1.91. The van der Waals surface area contributed by atoms with Crippen molar-refractivity contribution >= 4 is 29.5 Å². The van der Waals surface area contributed by atoms with Crippen molar-refractivity contribution in [3.05, 3.63) is 0 Å². The number of hydrogen-bond acceptors (Lipinski definition) is 4. The van der Waals surface area contributed by atoms with Crippen LogP contribution >= 0.6 is 11.8 Å². The zero-order chi connectivity index (χ0) is 12.8. The number of carbonyl (C=O) groups excluding carboxylic acids is 2. The molecule has 0 aromatic heterocycles. The van der Waals surface area contributed by atoms with Gasteiger partial charge in [-0.3, -0.25) is 19.3 Å². The maximum absolute atomic E-state index is 12.0. The second kappa shape index (κ2) is 4.01. The number of aliphatic carboxylic acids is 1. The van der Waals surface area contributed by atoms with Gasteiger partial charge in [-0.05, 0) is 26.7 Å². The number of likely N-dealkylation sites (tertiary alicyclic amines) is 1. The standard InChI is InChI=1S/C11H15NO4S/c1-11(2,10(15)16)17-7-5-8(13)12(9(7)14)6-3-4-6/h6-7H,3-5H2,1-2H3,(H,15,16). The van der Waals surface area contributed by atoms with Crippen LogP contribution in [-0.4, -0.2) is 43.8 Å².